The zero-order valence-corrected chi connectivity index (χ0v) is 7.89. The van der Waals surface area contributed by atoms with Crippen LogP contribution in [0.1, 0.15) is 23.3 Å². The van der Waals surface area contributed by atoms with Crippen molar-refractivity contribution in [2.75, 3.05) is 0 Å². The molecule has 0 atom stereocenters. The molecule has 72 valence electrons. The van der Waals surface area contributed by atoms with Gasteiger partial charge in [0.1, 0.15) is 5.69 Å². The lowest BCUT2D eigenvalue weighted by Gasteiger charge is -2.08. The van der Waals surface area contributed by atoms with E-state index in [2.05, 4.69) is 23.2 Å². The Labute approximate surface area is 82.8 Å². The fourth-order valence-corrected chi connectivity index (χ4v) is 1.54. The van der Waals surface area contributed by atoms with E-state index in [-0.39, 0.29) is 0 Å². The number of hydrogen-bond acceptors (Lipinski definition) is 2. The predicted molar refractivity (Wildman–Crippen MR) is 54.1 cm³/mol. The average Bonchev–Trinajstić information content (AvgIpc) is 2.67. The third kappa shape index (κ3) is 1.82. The summed E-state index contributed by atoms with van der Waals surface area (Å²) in [6.07, 6.45) is 12.8. The largest absolute Gasteiger partial charge is 0.324 e. The molecule has 3 heteroatoms. The molecule has 3 nitrogen and oxygen atoms in total. The smallest absolute Gasteiger partial charge is 0.168 e. The van der Waals surface area contributed by atoms with Crippen LogP contribution in [0.4, 0.5) is 0 Å². The van der Waals surface area contributed by atoms with Crippen molar-refractivity contribution in [3.63, 3.8) is 0 Å². The third-order valence-corrected chi connectivity index (χ3v) is 2.29. The van der Waals surface area contributed by atoms with Crippen LogP contribution in [-0.4, -0.2) is 15.8 Å². The second kappa shape index (κ2) is 4.05. The average molecular weight is 188 g/mol. The SMILES string of the molecule is O=Cc1cncn1CC1=CCCC=C1. The molecule has 14 heavy (non-hydrogen) atoms. The van der Waals surface area contributed by atoms with E-state index in [1.165, 1.54) is 5.57 Å². The summed E-state index contributed by atoms with van der Waals surface area (Å²) in [5.74, 6) is 0. The third-order valence-electron chi connectivity index (χ3n) is 2.29. The van der Waals surface area contributed by atoms with Crippen LogP contribution in [0.5, 0.6) is 0 Å². The Morgan fingerprint density at radius 2 is 2.43 bits per heavy atom. The molecule has 0 fully saturated rings. The first-order chi connectivity index (χ1) is 6.90. The lowest BCUT2D eigenvalue weighted by molar-refractivity contribution is 0.111. The number of carbonyl (C=O) groups excluding carboxylic acids is 1. The summed E-state index contributed by atoms with van der Waals surface area (Å²) in [6, 6.07) is 0. The normalized spacial score (nSPS) is 15.3. The first-order valence-corrected chi connectivity index (χ1v) is 4.71. The Morgan fingerprint density at radius 1 is 1.50 bits per heavy atom. The molecular formula is C11H12N2O. The van der Waals surface area contributed by atoms with Crippen molar-refractivity contribution in [1.82, 2.24) is 9.55 Å². The number of allylic oxidation sites excluding steroid dienone is 4. The summed E-state index contributed by atoms with van der Waals surface area (Å²) < 4.78 is 1.86. The molecule has 0 saturated carbocycles. The van der Waals surface area contributed by atoms with Crippen molar-refractivity contribution in [2.24, 2.45) is 0 Å². The van der Waals surface area contributed by atoms with Gasteiger partial charge in [-0.1, -0.05) is 18.2 Å². The van der Waals surface area contributed by atoms with Crippen molar-refractivity contribution in [1.29, 1.82) is 0 Å². The quantitative estimate of drug-likeness (QED) is 0.680. The van der Waals surface area contributed by atoms with Crippen LogP contribution in [0.25, 0.3) is 0 Å². The Bertz CT molecular complexity index is 388. The van der Waals surface area contributed by atoms with Crippen molar-refractivity contribution in [2.45, 2.75) is 19.4 Å². The lowest BCUT2D eigenvalue weighted by atomic mass is 10.1. The number of aromatic nitrogens is 2. The first kappa shape index (κ1) is 8.94. The van der Waals surface area contributed by atoms with Crippen LogP contribution in [0, 0.1) is 0 Å². The molecule has 0 saturated heterocycles. The van der Waals surface area contributed by atoms with Gasteiger partial charge in [-0.05, 0) is 18.4 Å². The van der Waals surface area contributed by atoms with Crippen molar-refractivity contribution in [3.8, 4) is 0 Å². The van der Waals surface area contributed by atoms with Crippen molar-refractivity contribution >= 4 is 6.29 Å². The molecule has 0 aromatic carbocycles. The van der Waals surface area contributed by atoms with E-state index in [4.69, 9.17) is 0 Å². The van der Waals surface area contributed by atoms with E-state index in [1.54, 1.807) is 12.5 Å². The number of imidazole rings is 1. The lowest BCUT2D eigenvalue weighted by Crippen LogP contribution is -2.03. The highest BCUT2D eigenvalue weighted by molar-refractivity contribution is 5.71. The van der Waals surface area contributed by atoms with E-state index in [9.17, 15) is 4.79 Å². The Kier molecular flexibility index (Phi) is 2.58. The minimum atomic E-state index is 0.630. The highest BCUT2D eigenvalue weighted by atomic mass is 16.1. The van der Waals surface area contributed by atoms with Gasteiger partial charge in [-0.25, -0.2) is 4.98 Å². The Balaban J connectivity index is 2.14. The van der Waals surface area contributed by atoms with Gasteiger partial charge >= 0.3 is 0 Å². The van der Waals surface area contributed by atoms with E-state index < -0.39 is 0 Å². The molecule has 0 bridgehead atoms. The van der Waals surface area contributed by atoms with Gasteiger partial charge in [-0.15, -0.1) is 0 Å². The van der Waals surface area contributed by atoms with E-state index in [0.717, 1.165) is 25.7 Å². The second-order valence-corrected chi connectivity index (χ2v) is 3.32. The summed E-state index contributed by atoms with van der Waals surface area (Å²) >= 11 is 0. The van der Waals surface area contributed by atoms with Crippen LogP contribution < -0.4 is 0 Å². The van der Waals surface area contributed by atoms with E-state index in [0.29, 0.717) is 5.69 Å². The topological polar surface area (TPSA) is 34.9 Å². The van der Waals surface area contributed by atoms with Crippen molar-refractivity contribution in [3.05, 3.63) is 42.0 Å². The molecule has 1 aliphatic rings. The fourth-order valence-electron chi connectivity index (χ4n) is 1.54. The monoisotopic (exact) mass is 188 g/mol. The van der Waals surface area contributed by atoms with Crippen LogP contribution in [0.2, 0.25) is 0 Å². The number of hydrogen-bond donors (Lipinski definition) is 0. The molecule has 1 heterocycles. The van der Waals surface area contributed by atoms with Gasteiger partial charge in [0.05, 0.1) is 12.5 Å². The molecule has 0 unspecified atom stereocenters. The second-order valence-electron chi connectivity index (χ2n) is 3.32. The van der Waals surface area contributed by atoms with Gasteiger partial charge < -0.3 is 4.57 Å². The molecule has 0 amide bonds. The summed E-state index contributed by atoms with van der Waals surface area (Å²) in [5.41, 5.74) is 1.88. The number of nitrogens with zero attached hydrogens (tertiary/aromatic N) is 2. The zero-order chi connectivity index (χ0) is 9.80. The minimum absolute atomic E-state index is 0.630. The van der Waals surface area contributed by atoms with Gasteiger partial charge in [0.25, 0.3) is 0 Å². The molecular weight excluding hydrogens is 176 g/mol. The fraction of sp³-hybridized carbons (Fsp3) is 0.273. The summed E-state index contributed by atoms with van der Waals surface area (Å²) in [6.45, 7) is 0.741. The zero-order valence-electron chi connectivity index (χ0n) is 7.89. The van der Waals surface area contributed by atoms with Crippen molar-refractivity contribution < 1.29 is 4.79 Å². The molecule has 2 rings (SSSR count). The minimum Gasteiger partial charge on any atom is -0.324 e. The summed E-state index contributed by atoms with van der Waals surface area (Å²) in [5, 5.41) is 0. The van der Waals surface area contributed by atoms with Crippen LogP contribution in [0.15, 0.2) is 36.3 Å². The summed E-state index contributed by atoms with van der Waals surface area (Å²) in [7, 11) is 0. The molecule has 1 aliphatic carbocycles. The van der Waals surface area contributed by atoms with Gasteiger partial charge in [0, 0.05) is 6.54 Å². The maximum Gasteiger partial charge on any atom is 0.168 e. The number of rotatable bonds is 3. The van der Waals surface area contributed by atoms with Gasteiger partial charge in [-0.2, -0.15) is 0 Å². The van der Waals surface area contributed by atoms with Gasteiger partial charge in [0.15, 0.2) is 6.29 Å². The van der Waals surface area contributed by atoms with Gasteiger partial charge in [-0.3, -0.25) is 4.79 Å². The maximum absolute atomic E-state index is 10.6. The highest BCUT2D eigenvalue weighted by Gasteiger charge is 2.02. The predicted octanol–water partition coefficient (Wildman–Crippen LogP) is 1.97. The molecule has 0 spiro atoms. The number of aldehydes is 1. The highest BCUT2D eigenvalue weighted by Crippen LogP contribution is 2.12. The molecule has 1 aromatic rings. The number of carbonyl (C=O) groups is 1. The Morgan fingerprint density at radius 3 is 3.14 bits per heavy atom. The molecule has 0 aliphatic heterocycles. The molecule has 0 N–H and O–H groups in total. The Hall–Kier alpha value is -1.64. The standard InChI is InChI=1S/C11H12N2O/c14-8-11-6-12-9-13(11)7-10-4-2-1-3-5-10/h2,4-6,8-9H,1,3,7H2. The molecule has 1 aromatic heterocycles. The van der Waals surface area contributed by atoms with E-state index in [1.807, 2.05) is 4.57 Å². The van der Waals surface area contributed by atoms with Crippen LogP contribution in [0.3, 0.4) is 0 Å². The van der Waals surface area contributed by atoms with E-state index >= 15 is 0 Å². The van der Waals surface area contributed by atoms with Crippen LogP contribution in [-0.2, 0) is 6.54 Å². The first-order valence-electron chi connectivity index (χ1n) is 4.71. The summed E-state index contributed by atoms with van der Waals surface area (Å²) in [4.78, 5) is 14.6. The molecule has 0 radical (unpaired) electrons. The van der Waals surface area contributed by atoms with Gasteiger partial charge in [0.2, 0.25) is 0 Å². The maximum atomic E-state index is 10.6. The van der Waals surface area contributed by atoms with Crippen LogP contribution >= 0.6 is 0 Å².